The second kappa shape index (κ2) is 16.1. The van der Waals surface area contributed by atoms with Gasteiger partial charge in [-0.2, -0.15) is 11.8 Å². The van der Waals surface area contributed by atoms with Gasteiger partial charge in [-0.25, -0.2) is 4.79 Å². The first-order valence-corrected chi connectivity index (χ1v) is 13.9. The van der Waals surface area contributed by atoms with Crippen molar-refractivity contribution in [2.45, 2.75) is 77.5 Å². The van der Waals surface area contributed by atoms with Gasteiger partial charge in [-0.3, -0.25) is 14.4 Å². The maximum atomic E-state index is 13.2. The van der Waals surface area contributed by atoms with Gasteiger partial charge in [-0.05, 0) is 67.2 Å². The van der Waals surface area contributed by atoms with E-state index in [0.29, 0.717) is 18.6 Å². The van der Waals surface area contributed by atoms with E-state index in [0.717, 1.165) is 5.56 Å². The van der Waals surface area contributed by atoms with Crippen LogP contribution in [-0.4, -0.2) is 70.1 Å². The number of rotatable bonds is 16. The third-order valence-electron chi connectivity index (χ3n) is 5.63. The Labute approximate surface area is 223 Å². The standard InChI is InChI=1S/C26H42N4O6S/c1-15(2)12-21(25(34)30-22(26(35)36)13-16(3)4)29-24(33)20(10-11-37-5)28-23(32)19(27)14-17-6-8-18(31)9-7-17/h6-9,15-16,19-22,31H,10-14,27H2,1-5H3,(H,28,32)(H,29,33)(H,30,34)(H,35,36). The summed E-state index contributed by atoms with van der Waals surface area (Å²) in [5.41, 5.74) is 6.83. The summed E-state index contributed by atoms with van der Waals surface area (Å²) >= 11 is 1.51. The predicted molar refractivity (Wildman–Crippen MR) is 145 cm³/mol. The number of carbonyl (C=O) groups excluding carboxylic acids is 3. The Hall–Kier alpha value is -2.79. The third kappa shape index (κ3) is 12.3. The summed E-state index contributed by atoms with van der Waals surface area (Å²) in [6, 6.07) is 2.48. The van der Waals surface area contributed by atoms with E-state index >= 15 is 0 Å². The van der Waals surface area contributed by atoms with Crippen LogP contribution in [0.1, 0.15) is 52.5 Å². The Bertz CT molecular complexity index is 894. The molecule has 10 nitrogen and oxygen atoms in total. The molecule has 4 unspecified atom stereocenters. The second-order valence-corrected chi connectivity index (χ2v) is 11.0. The number of benzene rings is 1. The van der Waals surface area contributed by atoms with E-state index in [9.17, 15) is 29.4 Å². The van der Waals surface area contributed by atoms with Crippen molar-refractivity contribution in [3.8, 4) is 5.75 Å². The van der Waals surface area contributed by atoms with Gasteiger partial charge in [-0.1, -0.05) is 39.8 Å². The van der Waals surface area contributed by atoms with E-state index in [4.69, 9.17) is 5.73 Å². The highest BCUT2D eigenvalue weighted by Crippen LogP contribution is 2.12. The number of nitrogens with two attached hydrogens (primary N) is 1. The quantitative estimate of drug-likeness (QED) is 0.184. The lowest BCUT2D eigenvalue weighted by atomic mass is 10.00. The average Bonchev–Trinajstić information content (AvgIpc) is 2.81. The van der Waals surface area contributed by atoms with Crippen molar-refractivity contribution < 1.29 is 29.4 Å². The van der Waals surface area contributed by atoms with Crippen molar-refractivity contribution in [1.29, 1.82) is 0 Å². The fraction of sp³-hybridized carbons (Fsp3) is 0.615. The number of thioether (sulfide) groups is 1. The van der Waals surface area contributed by atoms with Crippen molar-refractivity contribution in [1.82, 2.24) is 16.0 Å². The lowest BCUT2D eigenvalue weighted by molar-refractivity contribution is -0.143. The number of amides is 3. The third-order valence-corrected chi connectivity index (χ3v) is 6.28. The SMILES string of the molecule is CSCCC(NC(=O)C(N)Cc1ccc(O)cc1)C(=O)NC(CC(C)C)C(=O)NC(CC(C)C)C(=O)O. The van der Waals surface area contributed by atoms with Crippen molar-refractivity contribution in [2.75, 3.05) is 12.0 Å². The van der Waals surface area contributed by atoms with Gasteiger partial charge in [0.25, 0.3) is 0 Å². The monoisotopic (exact) mass is 538 g/mol. The summed E-state index contributed by atoms with van der Waals surface area (Å²) in [6.07, 6.45) is 2.98. The summed E-state index contributed by atoms with van der Waals surface area (Å²) in [5.74, 6) is -1.97. The number of carboxylic acid groups (broad SMARTS) is 1. The lowest BCUT2D eigenvalue weighted by Crippen LogP contribution is -2.57. The Kier molecular flexibility index (Phi) is 14.1. The molecule has 0 spiro atoms. The van der Waals surface area contributed by atoms with Crippen LogP contribution < -0.4 is 21.7 Å². The van der Waals surface area contributed by atoms with Crippen molar-refractivity contribution in [3.05, 3.63) is 29.8 Å². The van der Waals surface area contributed by atoms with Crippen LogP contribution in [0.4, 0.5) is 0 Å². The fourth-order valence-corrected chi connectivity index (χ4v) is 4.17. The minimum absolute atomic E-state index is 0.0439. The van der Waals surface area contributed by atoms with Gasteiger partial charge in [0.1, 0.15) is 23.9 Å². The first-order chi connectivity index (χ1) is 17.3. The maximum absolute atomic E-state index is 13.2. The number of phenols is 1. The Morgan fingerprint density at radius 3 is 1.84 bits per heavy atom. The second-order valence-electron chi connectivity index (χ2n) is 10.0. The Morgan fingerprint density at radius 1 is 0.838 bits per heavy atom. The summed E-state index contributed by atoms with van der Waals surface area (Å²) < 4.78 is 0. The molecule has 1 aromatic carbocycles. The van der Waals surface area contributed by atoms with Crippen LogP contribution in [0.3, 0.4) is 0 Å². The first-order valence-electron chi connectivity index (χ1n) is 12.5. The Morgan fingerprint density at radius 2 is 1.32 bits per heavy atom. The zero-order chi connectivity index (χ0) is 28.1. The molecule has 0 fully saturated rings. The molecule has 1 aromatic rings. The van der Waals surface area contributed by atoms with Gasteiger partial charge < -0.3 is 31.9 Å². The van der Waals surface area contributed by atoms with Gasteiger partial charge in [0.2, 0.25) is 17.7 Å². The molecular weight excluding hydrogens is 496 g/mol. The minimum atomic E-state index is -1.13. The summed E-state index contributed by atoms with van der Waals surface area (Å²) in [5, 5.41) is 26.9. The van der Waals surface area contributed by atoms with Crippen LogP contribution in [0.15, 0.2) is 24.3 Å². The molecule has 0 radical (unpaired) electrons. The van der Waals surface area contributed by atoms with Crippen molar-refractivity contribution in [3.63, 3.8) is 0 Å². The molecule has 0 aliphatic heterocycles. The largest absolute Gasteiger partial charge is 0.508 e. The van der Waals surface area contributed by atoms with Gasteiger partial charge in [-0.15, -0.1) is 0 Å². The van der Waals surface area contributed by atoms with E-state index < -0.39 is 47.9 Å². The molecule has 37 heavy (non-hydrogen) atoms. The molecule has 0 aliphatic carbocycles. The van der Waals surface area contributed by atoms with Gasteiger partial charge in [0.05, 0.1) is 6.04 Å². The molecule has 1 rings (SSSR count). The molecule has 0 saturated heterocycles. The summed E-state index contributed by atoms with van der Waals surface area (Å²) in [7, 11) is 0. The van der Waals surface area contributed by atoms with Crippen LogP contribution in [0.5, 0.6) is 5.75 Å². The number of aliphatic carboxylic acids is 1. The van der Waals surface area contributed by atoms with E-state index in [1.807, 2.05) is 34.0 Å². The van der Waals surface area contributed by atoms with E-state index in [1.54, 1.807) is 12.1 Å². The maximum Gasteiger partial charge on any atom is 0.326 e. The van der Waals surface area contributed by atoms with Crippen LogP contribution >= 0.6 is 11.8 Å². The number of hydrogen-bond acceptors (Lipinski definition) is 7. The molecule has 7 N–H and O–H groups in total. The molecule has 208 valence electrons. The molecule has 3 amide bonds. The zero-order valence-corrected chi connectivity index (χ0v) is 23.1. The normalized spacial score (nSPS) is 14.5. The number of nitrogens with one attached hydrogen (secondary N) is 3. The van der Waals surface area contributed by atoms with Gasteiger partial charge in [0.15, 0.2) is 0 Å². The van der Waals surface area contributed by atoms with Crippen molar-refractivity contribution in [2.24, 2.45) is 17.6 Å². The van der Waals surface area contributed by atoms with E-state index in [1.165, 1.54) is 23.9 Å². The predicted octanol–water partition coefficient (Wildman–Crippen LogP) is 1.65. The molecule has 0 saturated carbocycles. The number of carboxylic acids is 1. The molecular formula is C26H42N4O6S. The minimum Gasteiger partial charge on any atom is -0.508 e. The van der Waals surface area contributed by atoms with Gasteiger partial charge in [0, 0.05) is 0 Å². The molecule has 0 aliphatic rings. The highest BCUT2D eigenvalue weighted by atomic mass is 32.2. The first kappa shape index (κ1) is 32.2. The fourth-order valence-electron chi connectivity index (χ4n) is 3.70. The number of aromatic hydroxyl groups is 1. The van der Waals surface area contributed by atoms with Crippen LogP contribution in [-0.2, 0) is 25.6 Å². The number of carbonyl (C=O) groups is 4. The number of phenolic OH excluding ortho intramolecular Hbond substituents is 1. The number of hydrogen-bond donors (Lipinski definition) is 6. The van der Waals surface area contributed by atoms with Crippen molar-refractivity contribution >= 4 is 35.5 Å². The molecule has 0 heterocycles. The molecule has 4 atom stereocenters. The van der Waals surface area contributed by atoms with E-state index in [2.05, 4.69) is 16.0 Å². The molecule has 11 heteroatoms. The van der Waals surface area contributed by atoms with Gasteiger partial charge >= 0.3 is 5.97 Å². The topological polar surface area (TPSA) is 171 Å². The molecule has 0 bridgehead atoms. The van der Waals surface area contributed by atoms with E-state index in [-0.39, 0.29) is 30.4 Å². The zero-order valence-electron chi connectivity index (χ0n) is 22.3. The smallest absolute Gasteiger partial charge is 0.326 e. The highest BCUT2D eigenvalue weighted by Gasteiger charge is 2.31. The average molecular weight is 539 g/mol. The highest BCUT2D eigenvalue weighted by molar-refractivity contribution is 7.98. The van der Waals surface area contributed by atoms with Crippen LogP contribution in [0.25, 0.3) is 0 Å². The summed E-state index contributed by atoms with van der Waals surface area (Å²) in [6.45, 7) is 7.51. The Balaban J connectivity index is 2.94. The van der Waals surface area contributed by atoms with Crippen LogP contribution in [0, 0.1) is 11.8 Å². The van der Waals surface area contributed by atoms with Crippen LogP contribution in [0.2, 0.25) is 0 Å². The molecule has 0 aromatic heterocycles. The lowest BCUT2D eigenvalue weighted by Gasteiger charge is -2.26. The summed E-state index contributed by atoms with van der Waals surface area (Å²) in [4.78, 5) is 50.6.